The van der Waals surface area contributed by atoms with Crippen LogP contribution in [0.1, 0.15) is 30.9 Å². The van der Waals surface area contributed by atoms with E-state index in [1.807, 2.05) is 42.5 Å². The van der Waals surface area contributed by atoms with Gasteiger partial charge in [-0.25, -0.2) is 9.59 Å². The normalized spacial score (nSPS) is 16.2. The lowest BCUT2D eigenvalue weighted by atomic mass is 9.92. The Morgan fingerprint density at radius 1 is 1.03 bits per heavy atom. The summed E-state index contributed by atoms with van der Waals surface area (Å²) in [7, 11) is 1.38. The fraction of sp³-hybridized carbons (Fsp3) is 0.261. The summed E-state index contributed by atoms with van der Waals surface area (Å²) in [5, 5.41) is 2.89. The van der Waals surface area contributed by atoms with Gasteiger partial charge in [-0.05, 0) is 29.7 Å². The zero-order valence-electron chi connectivity index (χ0n) is 17.0. The van der Waals surface area contributed by atoms with Gasteiger partial charge in [-0.3, -0.25) is 4.79 Å². The van der Waals surface area contributed by atoms with Crippen molar-refractivity contribution < 1.29 is 28.6 Å². The summed E-state index contributed by atoms with van der Waals surface area (Å²) >= 11 is 0. The molecule has 2 aromatic carbocycles. The van der Waals surface area contributed by atoms with Crippen molar-refractivity contribution in [2.24, 2.45) is 0 Å². The molecule has 1 atom stereocenters. The average molecular weight is 409 g/mol. The van der Waals surface area contributed by atoms with Gasteiger partial charge in [0.1, 0.15) is 0 Å². The molecule has 3 rings (SSSR count). The Bertz CT molecular complexity index is 941. The second-order valence-electron chi connectivity index (χ2n) is 7.27. The van der Waals surface area contributed by atoms with E-state index in [0.29, 0.717) is 12.1 Å². The van der Waals surface area contributed by atoms with Crippen LogP contribution in [-0.2, 0) is 35.0 Å². The smallest absolute Gasteiger partial charge is 0.350 e. The summed E-state index contributed by atoms with van der Waals surface area (Å²) in [5.41, 5.74) is 2.26. The first-order valence-electron chi connectivity index (χ1n) is 9.44. The van der Waals surface area contributed by atoms with Gasteiger partial charge in [0.05, 0.1) is 13.0 Å². The average Bonchev–Trinajstić information content (AvgIpc) is 2.71. The molecular formula is C23H23NO6. The Morgan fingerprint density at radius 3 is 2.20 bits per heavy atom. The maximum atomic E-state index is 12.2. The number of rotatable bonds is 6. The van der Waals surface area contributed by atoms with E-state index in [0.717, 1.165) is 11.1 Å². The predicted molar refractivity (Wildman–Crippen MR) is 109 cm³/mol. The molecule has 0 amide bonds. The van der Waals surface area contributed by atoms with Gasteiger partial charge in [0, 0.05) is 25.7 Å². The first-order valence-corrected chi connectivity index (χ1v) is 9.44. The molecule has 2 aromatic rings. The number of ether oxygens (including phenoxy) is 3. The maximum Gasteiger partial charge on any atom is 0.350 e. The summed E-state index contributed by atoms with van der Waals surface area (Å²) in [4.78, 5) is 36.2. The number of hydrogen-bond donors (Lipinski definition) is 1. The number of carbonyl (C=O) groups is 3. The molecule has 1 aliphatic rings. The number of esters is 3. The van der Waals surface area contributed by atoms with Crippen molar-refractivity contribution >= 4 is 23.6 Å². The molecule has 0 aromatic heterocycles. The van der Waals surface area contributed by atoms with Crippen molar-refractivity contribution in [1.82, 2.24) is 0 Å². The number of benzene rings is 2. The topological polar surface area (TPSA) is 90.9 Å². The minimum atomic E-state index is -1.28. The van der Waals surface area contributed by atoms with Crippen LogP contribution in [0.5, 0.6) is 0 Å². The Hall–Kier alpha value is -3.61. The number of carbonyl (C=O) groups excluding carboxylic acids is 3. The largest absolute Gasteiger partial charge is 0.469 e. The van der Waals surface area contributed by atoms with Gasteiger partial charge in [0.25, 0.3) is 5.79 Å². The molecule has 0 aliphatic carbocycles. The summed E-state index contributed by atoms with van der Waals surface area (Å²) in [6, 6.07) is 16.7. The molecular weight excluding hydrogens is 386 g/mol. The molecule has 0 bridgehead atoms. The van der Waals surface area contributed by atoms with Crippen molar-refractivity contribution in [3.8, 4) is 0 Å². The van der Waals surface area contributed by atoms with Crippen molar-refractivity contribution in [3.63, 3.8) is 0 Å². The van der Waals surface area contributed by atoms with Gasteiger partial charge in [-0.1, -0.05) is 42.5 Å². The van der Waals surface area contributed by atoms with Gasteiger partial charge in [-0.15, -0.1) is 0 Å². The quantitative estimate of drug-likeness (QED) is 0.445. The van der Waals surface area contributed by atoms with E-state index >= 15 is 0 Å². The van der Waals surface area contributed by atoms with E-state index in [-0.39, 0.29) is 11.5 Å². The van der Waals surface area contributed by atoms with E-state index in [2.05, 4.69) is 5.32 Å². The maximum absolute atomic E-state index is 12.2. The Labute approximate surface area is 174 Å². The highest BCUT2D eigenvalue weighted by molar-refractivity contribution is 6.15. The molecule has 1 heterocycles. The van der Waals surface area contributed by atoms with E-state index in [9.17, 15) is 14.4 Å². The molecule has 0 saturated carbocycles. The highest BCUT2D eigenvalue weighted by Gasteiger charge is 2.38. The third kappa shape index (κ3) is 5.05. The van der Waals surface area contributed by atoms with Gasteiger partial charge >= 0.3 is 17.9 Å². The second kappa shape index (κ2) is 8.82. The van der Waals surface area contributed by atoms with E-state index in [4.69, 9.17) is 14.2 Å². The molecule has 1 N–H and O–H groups in total. The molecule has 0 spiro atoms. The zero-order valence-corrected chi connectivity index (χ0v) is 17.0. The van der Waals surface area contributed by atoms with E-state index in [1.165, 1.54) is 27.2 Å². The number of methoxy groups -OCH3 is 1. The highest BCUT2D eigenvalue weighted by atomic mass is 16.7. The predicted octanol–water partition coefficient (Wildman–Crippen LogP) is 3.32. The molecule has 1 fully saturated rings. The highest BCUT2D eigenvalue weighted by Crippen LogP contribution is 2.25. The monoisotopic (exact) mass is 409 g/mol. The molecule has 1 aliphatic heterocycles. The standard InChI is InChI=1S/C23H23NO6/c1-23(2)29-21(26)19(22(27)30-23)14-24-17-11-9-15(10-12-17)13-18(20(25)28-3)16-7-5-4-6-8-16/h4-12,14,18,24H,13H2,1-3H3. The summed E-state index contributed by atoms with van der Waals surface area (Å²) in [6.07, 6.45) is 1.74. The molecule has 1 saturated heterocycles. The third-order valence-electron chi connectivity index (χ3n) is 4.58. The van der Waals surface area contributed by atoms with Crippen LogP contribution in [0, 0.1) is 0 Å². The molecule has 1 unspecified atom stereocenters. The van der Waals surface area contributed by atoms with Crippen LogP contribution in [0.25, 0.3) is 0 Å². The van der Waals surface area contributed by atoms with E-state index < -0.39 is 23.6 Å². The number of anilines is 1. The zero-order chi connectivity index (χ0) is 21.7. The fourth-order valence-corrected chi connectivity index (χ4v) is 3.07. The van der Waals surface area contributed by atoms with Crippen molar-refractivity contribution in [2.45, 2.75) is 32.0 Å². The lowest BCUT2D eigenvalue weighted by Gasteiger charge is -2.29. The minimum Gasteiger partial charge on any atom is -0.469 e. The van der Waals surface area contributed by atoms with Crippen molar-refractivity contribution in [3.05, 3.63) is 77.5 Å². The number of cyclic esters (lactones) is 2. The summed E-state index contributed by atoms with van der Waals surface area (Å²) < 4.78 is 15.1. The second-order valence-corrected chi connectivity index (χ2v) is 7.27. The molecule has 156 valence electrons. The van der Waals surface area contributed by atoms with Crippen LogP contribution in [-0.4, -0.2) is 30.8 Å². The van der Waals surface area contributed by atoms with Crippen LogP contribution in [0.2, 0.25) is 0 Å². The van der Waals surface area contributed by atoms with Gasteiger partial charge in [0.2, 0.25) is 0 Å². The van der Waals surface area contributed by atoms with Gasteiger partial charge < -0.3 is 19.5 Å². The van der Waals surface area contributed by atoms with E-state index in [1.54, 1.807) is 12.1 Å². The van der Waals surface area contributed by atoms with Crippen LogP contribution in [0.15, 0.2) is 66.4 Å². The van der Waals surface area contributed by atoms with Crippen LogP contribution in [0.3, 0.4) is 0 Å². The first-order chi connectivity index (χ1) is 14.3. The third-order valence-corrected chi connectivity index (χ3v) is 4.58. The lowest BCUT2D eigenvalue weighted by Crippen LogP contribution is -2.42. The van der Waals surface area contributed by atoms with Crippen molar-refractivity contribution in [2.75, 3.05) is 12.4 Å². The van der Waals surface area contributed by atoms with Gasteiger partial charge in [-0.2, -0.15) is 0 Å². The molecule has 7 heteroatoms. The Morgan fingerprint density at radius 2 is 1.63 bits per heavy atom. The molecule has 0 radical (unpaired) electrons. The SMILES string of the molecule is COC(=O)C(Cc1ccc(NC=C2C(=O)OC(C)(C)OC2=O)cc1)c1ccccc1. The lowest BCUT2D eigenvalue weighted by molar-refractivity contribution is -0.222. The Kier molecular flexibility index (Phi) is 6.20. The van der Waals surface area contributed by atoms with Crippen LogP contribution >= 0.6 is 0 Å². The minimum absolute atomic E-state index is 0.215. The number of nitrogens with one attached hydrogen (secondary N) is 1. The first kappa shape index (κ1) is 21.1. The summed E-state index contributed by atoms with van der Waals surface area (Å²) in [6.45, 7) is 2.98. The molecule has 30 heavy (non-hydrogen) atoms. The van der Waals surface area contributed by atoms with Crippen molar-refractivity contribution in [1.29, 1.82) is 0 Å². The Balaban J connectivity index is 1.69. The summed E-state index contributed by atoms with van der Waals surface area (Å²) in [5.74, 6) is -3.48. The van der Waals surface area contributed by atoms with Crippen LogP contribution < -0.4 is 5.32 Å². The van der Waals surface area contributed by atoms with Gasteiger partial charge in [0.15, 0.2) is 5.57 Å². The molecule has 7 nitrogen and oxygen atoms in total. The van der Waals surface area contributed by atoms with Crippen LogP contribution in [0.4, 0.5) is 5.69 Å². The fourth-order valence-electron chi connectivity index (χ4n) is 3.07. The number of hydrogen-bond acceptors (Lipinski definition) is 7.